The average molecular weight is 212 g/mol. The molecule has 2 saturated heterocycles. The summed E-state index contributed by atoms with van der Waals surface area (Å²) in [6.07, 6.45) is 1.02. The molecule has 0 radical (unpaired) electrons. The van der Waals surface area contributed by atoms with Gasteiger partial charge in [-0.25, -0.2) is 4.79 Å². The lowest BCUT2D eigenvalue weighted by Crippen LogP contribution is -2.37. The summed E-state index contributed by atoms with van der Waals surface area (Å²) >= 11 is 0. The van der Waals surface area contributed by atoms with Crippen molar-refractivity contribution in [1.29, 1.82) is 0 Å². The molecule has 4 nitrogen and oxygen atoms in total. The Morgan fingerprint density at radius 1 is 1.40 bits per heavy atom. The summed E-state index contributed by atoms with van der Waals surface area (Å²) in [5, 5.41) is 3.42. The summed E-state index contributed by atoms with van der Waals surface area (Å²) < 4.78 is 5.35. The van der Waals surface area contributed by atoms with E-state index in [4.69, 9.17) is 4.74 Å². The molecule has 15 heavy (non-hydrogen) atoms. The van der Waals surface area contributed by atoms with Gasteiger partial charge in [-0.1, -0.05) is 0 Å². The molecule has 2 rings (SSSR count). The summed E-state index contributed by atoms with van der Waals surface area (Å²) in [5.41, 5.74) is -0.387. The molecule has 1 unspecified atom stereocenters. The van der Waals surface area contributed by atoms with Gasteiger partial charge in [0.2, 0.25) is 0 Å². The van der Waals surface area contributed by atoms with Gasteiger partial charge in [0.1, 0.15) is 5.60 Å². The Labute approximate surface area is 91.0 Å². The fourth-order valence-corrected chi connectivity index (χ4v) is 2.32. The predicted octanol–water partition coefficient (Wildman–Crippen LogP) is 1.22. The van der Waals surface area contributed by atoms with Crippen LogP contribution < -0.4 is 5.32 Å². The van der Waals surface area contributed by atoms with Crippen LogP contribution in [0.4, 0.5) is 4.79 Å². The zero-order chi connectivity index (χ0) is 11.1. The van der Waals surface area contributed by atoms with Crippen LogP contribution in [0, 0.1) is 5.92 Å². The first-order valence-electron chi connectivity index (χ1n) is 5.67. The van der Waals surface area contributed by atoms with Crippen LogP contribution in [-0.4, -0.2) is 42.3 Å². The SMILES string of the molecule is CC(C)(C)OC(=O)N1CC2CCN[C@@H]2C1. The molecule has 0 bridgehead atoms. The third-order valence-electron chi connectivity index (χ3n) is 3.01. The number of likely N-dealkylation sites (tertiary alicyclic amines) is 1. The van der Waals surface area contributed by atoms with Gasteiger partial charge in [-0.3, -0.25) is 0 Å². The third kappa shape index (κ3) is 2.43. The number of fused-ring (bicyclic) bond motifs is 1. The molecule has 86 valence electrons. The molecular weight excluding hydrogens is 192 g/mol. The van der Waals surface area contributed by atoms with Gasteiger partial charge < -0.3 is 15.0 Å². The maximum Gasteiger partial charge on any atom is 0.410 e. The van der Waals surface area contributed by atoms with E-state index in [9.17, 15) is 4.79 Å². The van der Waals surface area contributed by atoms with Crippen LogP contribution in [0.2, 0.25) is 0 Å². The van der Waals surface area contributed by atoms with E-state index < -0.39 is 0 Å². The van der Waals surface area contributed by atoms with E-state index >= 15 is 0 Å². The van der Waals surface area contributed by atoms with Crippen molar-refractivity contribution in [2.75, 3.05) is 19.6 Å². The van der Waals surface area contributed by atoms with Crippen LogP contribution in [0.15, 0.2) is 0 Å². The minimum Gasteiger partial charge on any atom is -0.444 e. The van der Waals surface area contributed by atoms with Crippen LogP contribution in [0.3, 0.4) is 0 Å². The quantitative estimate of drug-likeness (QED) is 0.656. The maximum absolute atomic E-state index is 11.8. The number of nitrogens with zero attached hydrogens (tertiary/aromatic N) is 1. The topological polar surface area (TPSA) is 41.6 Å². The van der Waals surface area contributed by atoms with Crippen molar-refractivity contribution in [3.8, 4) is 0 Å². The van der Waals surface area contributed by atoms with E-state index in [0.717, 1.165) is 19.6 Å². The minimum atomic E-state index is -0.387. The van der Waals surface area contributed by atoms with Crippen molar-refractivity contribution >= 4 is 6.09 Å². The van der Waals surface area contributed by atoms with Gasteiger partial charge in [-0.2, -0.15) is 0 Å². The lowest BCUT2D eigenvalue weighted by molar-refractivity contribution is 0.0283. The van der Waals surface area contributed by atoms with E-state index in [1.807, 2.05) is 25.7 Å². The molecule has 0 aromatic rings. The summed E-state index contributed by atoms with van der Waals surface area (Å²) in [4.78, 5) is 13.6. The molecule has 2 heterocycles. The lowest BCUT2D eigenvalue weighted by atomic mass is 10.1. The highest BCUT2D eigenvalue weighted by Crippen LogP contribution is 2.25. The second-order valence-electron chi connectivity index (χ2n) is 5.49. The fraction of sp³-hybridized carbons (Fsp3) is 0.909. The number of carbonyl (C=O) groups excluding carboxylic acids is 1. The Morgan fingerprint density at radius 2 is 2.13 bits per heavy atom. The summed E-state index contributed by atoms with van der Waals surface area (Å²) in [5.74, 6) is 0.637. The highest BCUT2D eigenvalue weighted by atomic mass is 16.6. The zero-order valence-corrected chi connectivity index (χ0v) is 9.75. The highest BCUT2D eigenvalue weighted by molar-refractivity contribution is 5.68. The average Bonchev–Trinajstić information content (AvgIpc) is 2.56. The van der Waals surface area contributed by atoms with E-state index in [2.05, 4.69) is 5.32 Å². The van der Waals surface area contributed by atoms with Crippen molar-refractivity contribution in [2.45, 2.75) is 38.8 Å². The Kier molecular flexibility index (Phi) is 2.63. The number of carbonyl (C=O) groups is 1. The molecule has 0 spiro atoms. The fourth-order valence-electron chi connectivity index (χ4n) is 2.32. The Bertz CT molecular complexity index is 248. The third-order valence-corrected chi connectivity index (χ3v) is 3.01. The molecular formula is C11H20N2O2. The smallest absolute Gasteiger partial charge is 0.410 e. The molecule has 2 aliphatic rings. The molecule has 2 fully saturated rings. The molecule has 1 amide bonds. The molecule has 2 atom stereocenters. The normalized spacial score (nSPS) is 30.5. The van der Waals surface area contributed by atoms with Crippen molar-refractivity contribution < 1.29 is 9.53 Å². The van der Waals surface area contributed by atoms with E-state index in [0.29, 0.717) is 12.0 Å². The van der Waals surface area contributed by atoms with E-state index in [1.165, 1.54) is 6.42 Å². The Morgan fingerprint density at radius 3 is 2.73 bits per heavy atom. The van der Waals surface area contributed by atoms with Crippen LogP contribution in [0.1, 0.15) is 27.2 Å². The first-order chi connectivity index (χ1) is 6.96. The molecule has 0 aromatic heterocycles. The summed E-state index contributed by atoms with van der Waals surface area (Å²) in [6.45, 7) is 8.46. The van der Waals surface area contributed by atoms with Crippen molar-refractivity contribution in [1.82, 2.24) is 10.2 Å². The molecule has 1 N–H and O–H groups in total. The van der Waals surface area contributed by atoms with Crippen LogP contribution in [0.5, 0.6) is 0 Å². The van der Waals surface area contributed by atoms with Crippen LogP contribution in [0.25, 0.3) is 0 Å². The second kappa shape index (κ2) is 3.67. The van der Waals surface area contributed by atoms with Crippen molar-refractivity contribution in [2.24, 2.45) is 5.92 Å². The molecule has 4 heteroatoms. The number of amides is 1. The minimum absolute atomic E-state index is 0.168. The lowest BCUT2D eigenvalue weighted by Gasteiger charge is -2.24. The largest absolute Gasteiger partial charge is 0.444 e. The van der Waals surface area contributed by atoms with Gasteiger partial charge in [0.25, 0.3) is 0 Å². The molecule has 0 aromatic carbocycles. The maximum atomic E-state index is 11.8. The summed E-state index contributed by atoms with van der Waals surface area (Å²) in [7, 11) is 0. The van der Waals surface area contributed by atoms with Crippen LogP contribution in [-0.2, 0) is 4.74 Å². The standard InChI is InChI=1S/C11H20N2O2/c1-11(2,3)15-10(14)13-6-8-4-5-12-9(8)7-13/h8-9,12H,4-7H2,1-3H3/t8?,9-/m1/s1. The molecule has 2 aliphatic heterocycles. The van der Waals surface area contributed by atoms with E-state index in [-0.39, 0.29) is 11.7 Å². The van der Waals surface area contributed by atoms with E-state index in [1.54, 1.807) is 0 Å². The van der Waals surface area contributed by atoms with Crippen LogP contribution >= 0.6 is 0 Å². The van der Waals surface area contributed by atoms with Gasteiger partial charge in [0.15, 0.2) is 0 Å². The first kappa shape index (κ1) is 10.7. The van der Waals surface area contributed by atoms with Gasteiger partial charge in [-0.05, 0) is 39.7 Å². The van der Waals surface area contributed by atoms with Gasteiger partial charge >= 0.3 is 6.09 Å². The Balaban J connectivity index is 1.88. The van der Waals surface area contributed by atoms with Gasteiger partial charge in [0.05, 0.1) is 0 Å². The van der Waals surface area contributed by atoms with Crippen molar-refractivity contribution in [3.05, 3.63) is 0 Å². The number of nitrogens with one attached hydrogen (secondary N) is 1. The first-order valence-corrected chi connectivity index (χ1v) is 5.67. The second-order valence-corrected chi connectivity index (χ2v) is 5.49. The predicted molar refractivity (Wildman–Crippen MR) is 57.7 cm³/mol. The van der Waals surface area contributed by atoms with Gasteiger partial charge in [-0.15, -0.1) is 0 Å². The number of hydrogen-bond donors (Lipinski definition) is 1. The Hall–Kier alpha value is -0.770. The zero-order valence-electron chi connectivity index (χ0n) is 9.75. The monoisotopic (exact) mass is 212 g/mol. The van der Waals surface area contributed by atoms with Crippen molar-refractivity contribution in [3.63, 3.8) is 0 Å². The number of hydrogen-bond acceptors (Lipinski definition) is 3. The highest BCUT2D eigenvalue weighted by Gasteiger charge is 2.39. The molecule has 0 aliphatic carbocycles. The number of ether oxygens (including phenoxy) is 1. The number of rotatable bonds is 0. The summed E-state index contributed by atoms with van der Waals surface area (Å²) in [6, 6.07) is 0.498. The molecule has 0 saturated carbocycles. The van der Waals surface area contributed by atoms with Gasteiger partial charge in [0, 0.05) is 19.1 Å².